The van der Waals surface area contributed by atoms with E-state index >= 15 is 0 Å². The molecule has 0 saturated heterocycles. The predicted molar refractivity (Wildman–Crippen MR) is 26.5 cm³/mol. The summed E-state index contributed by atoms with van der Waals surface area (Å²) in [6, 6.07) is 0. The SMILES string of the molecule is C=C([C+]=O)CCO. The third kappa shape index (κ3) is 3.10. The fraction of sp³-hybridized carbons (Fsp3) is 0.400. The van der Waals surface area contributed by atoms with Crippen molar-refractivity contribution in [2.24, 2.45) is 0 Å². The highest BCUT2D eigenvalue weighted by molar-refractivity contribution is 5.72. The standard InChI is InChI=1S/C5H7O2/c1-5(4-7)2-3-6/h6H,1-3H2/q+1. The molecule has 0 aliphatic heterocycles. The van der Waals surface area contributed by atoms with Gasteiger partial charge in [-0.05, 0) is 0 Å². The number of hydrogen-bond acceptors (Lipinski definition) is 2. The minimum absolute atomic E-state index is 0.0198. The Morgan fingerprint density at radius 3 is 2.57 bits per heavy atom. The molecule has 1 N–H and O–H groups in total. The Bertz CT molecular complexity index is 76.1. The van der Waals surface area contributed by atoms with E-state index < -0.39 is 0 Å². The predicted octanol–water partition coefficient (Wildman–Crippen LogP) is 0.0347. The molecule has 38 valence electrons. The molecule has 0 bridgehead atoms. The van der Waals surface area contributed by atoms with Gasteiger partial charge in [0.25, 0.3) is 0 Å². The molecule has 0 heterocycles. The molecule has 7 heavy (non-hydrogen) atoms. The second-order valence-corrected chi connectivity index (χ2v) is 1.18. The van der Waals surface area contributed by atoms with Crippen molar-refractivity contribution >= 4 is 6.29 Å². The van der Waals surface area contributed by atoms with Crippen molar-refractivity contribution in [3.63, 3.8) is 0 Å². The van der Waals surface area contributed by atoms with Gasteiger partial charge in [-0.25, -0.2) is 0 Å². The molecule has 0 aliphatic rings. The van der Waals surface area contributed by atoms with Crippen LogP contribution in [-0.2, 0) is 4.79 Å². The Hall–Kier alpha value is -0.720. The van der Waals surface area contributed by atoms with Crippen molar-refractivity contribution in [1.82, 2.24) is 0 Å². The maximum atomic E-state index is 9.56. The summed E-state index contributed by atoms with van der Waals surface area (Å²) in [4.78, 5) is 9.56. The molecule has 0 amide bonds. The number of aliphatic hydroxyl groups excluding tert-OH is 1. The maximum Gasteiger partial charge on any atom is 0.359 e. The first-order chi connectivity index (χ1) is 3.31. The minimum atomic E-state index is -0.0198. The fourth-order valence-corrected chi connectivity index (χ4v) is 0.186. The molecule has 0 spiro atoms. The van der Waals surface area contributed by atoms with Crippen LogP contribution < -0.4 is 0 Å². The number of aliphatic hydroxyl groups is 1. The number of carbonyl (C=O) groups excluding carboxylic acids is 1. The van der Waals surface area contributed by atoms with Crippen molar-refractivity contribution in [2.75, 3.05) is 6.61 Å². The summed E-state index contributed by atoms with van der Waals surface area (Å²) in [7, 11) is 0. The molecule has 0 aromatic heterocycles. The molecule has 0 saturated carbocycles. The van der Waals surface area contributed by atoms with Gasteiger partial charge in [-0.1, -0.05) is 4.79 Å². The van der Waals surface area contributed by atoms with E-state index in [0.29, 0.717) is 12.0 Å². The average Bonchev–Trinajstić information content (AvgIpc) is 1.68. The lowest BCUT2D eigenvalue weighted by molar-refractivity contribution is 0.301. The average molecular weight is 99.1 g/mol. The van der Waals surface area contributed by atoms with Gasteiger partial charge in [-0.15, -0.1) is 0 Å². The lowest BCUT2D eigenvalue weighted by atomic mass is 10.2. The Morgan fingerprint density at radius 2 is 2.43 bits per heavy atom. The smallest absolute Gasteiger partial charge is 0.359 e. The van der Waals surface area contributed by atoms with E-state index in [2.05, 4.69) is 6.58 Å². The first-order valence-electron chi connectivity index (χ1n) is 1.98. The van der Waals surface area contributed by atoms with Crippen molar-refractivity contribution in [2.45, 2.75) is 6.42 Å². The quantitative estimate of drug-likeness (QED) is 0.400. The molecule has 0 aromatic rings. The molecule has 0 fully saturated rings. The largest absolute Gasteiger partial charge is 0.396 e. The molecule has 2 nitrogen and oxygen atoms in total. The zero-order valence-corrected chi connectivity index (χ0v) is 3.98. The third-order valence-electron chi connectivity index (χ3n) is 0.558. The number of rotatable bonds is 3. The molecule has 0 unspecified atom stereocenters. The molecular weight excluding hydrogens is 92.1 g/mol. The molecular formula is C5H7O2+. The van der Waals surface area contributed by atoms with Gasteiger partial charge in [0.05, 0.1) is 6.61 Å². The van der Waals surface area contributed by atoms with Gasteiger partial charge in [0.15, 0.2) is 0 Å². The van der Waals surface area contributed by atoms with Gasteiger partial charge in [-0.3, -0.25) is 0 Å². The van der Waals surface area contributed by atoms with E-state index in [9.17, 15) is 4.79 Å². The molecule has 0 radical (unpaired) electrons. The van der Waals surface area contributed by atoms with Crippen LogP contribution in [0.4, 0.5) is 0 Å². The van der Waals surface area contributed by atoms with Crippen LogP contribution in [0, 0.1) is 0 Å². The lowest BCUT2D eigenvalue weighted by Crippen LogP contribution is -1.85. The van der Waals surface area contributed by atoms with Crippen LogP contribution in [0.5, 0.6) is 0 Å². The second-order valence-electron chi connectivity index (χ2n) is 1.18. The Balaban J connectivity index is 3.17. The Morgan fingerprint density at radius 1 is 1.86 bits per heavy atom. The molecule has 0 atom stereocenters. The summed E-state index contributed by atoms with van der Waals surface area (Å²) in [5.74, 6) is 0. The zero-order chi connectivity index (χ0) is 5.70. The van der Waals surface area contributed by atoms with Crippen LogP contribution in [-0.4, -0.2) is 18.0 Å². The lowest BCUT2D eigenvalue weighted by Gasteiger charge is -1.76. The normalized spacial score (nSPS) is 7.57. The van der Waals surface area contributed by atoms with Gasteiger partial charge in [0, 0.05) is 13.0 Å². The van der Waals surface area contributed by atoms with Crippen LogP contribution in [0.2, 0.25) is 0 Å². The summed E-state index contributed by atoms with van der Waals surface area (Å²) < 4.78 is 0. The highest BCUT2D eigenvalue weighted by Gasteiger charge is 1.98. The van der Waals surface area contributed by atoms with Crippen molar-refractivity contribution in [3.05, 3.63) is 12.2 Å². The first kappa shape index (κ1) is 6.28. The van der Waals surface area contributed by atoms with Crippen molar-refractivity contribution in [1.29, 1.82) is 0 Å². The summed E-state index contributed by atoms with van der Waals surface area (Å²) in [6.07, 6.45) is 1.90. The van der Waals surface area contributed by atoms with Gasteiger partial charge < -0.3 is 5.11 Å². The number of hydrogen-bond donors (Lipinski definition) is 1. The first-order valence-corrected chi connectivity index (χ1v) is 1.98. The van der Waals surface area contributed by atoms with Crippen LogP contribution in [0.25, 0.3) is 0 Å². The Kier molecular flexibility index (Phi) is 3.11. The summed E-state index contributed by atoms with van der Waals surface area (Å²) in [6.45, 7) is 3.26. The van der Waals surface area contributed by atoms with E-state index in [-0.39, 0.29) is 6.61 Å². The van der Waals surface area contributed by atoms with Gasteiger partial charge in [-0.2, -0.15) is 0 Å². The highest BCUT2D eigenvalue weighted by atomic mass is 16.3. The topological polar surface area (TPSA) is 37.3 Å². The zero-order valence-electron chi connectivity index (χ0n) is 3.98. The van der Waals surface area contributed by atoms with Gasteiger partial charge in [0.1, 0.15) is 0 Å². The summed E-state index contributed by atoms with van der Waals surface area (Å²) in [5.41, 5.74) is 0.322. The molecule has 0 rings (SSSR count). The molecule has 0 aliphatic carbocycles. The van der Waals surface area contributed by atoms with Gasteiger partial charge >= 0.3 is 6.29 Å². The molecule has 0 aromatic carbocycles. The Labute approximate surface area is 42.5 Å². The monoisotopic (exact) mass is 99.0 g/mol. The highest BCUT2D eigenvalue weighted by Crippen LogP contribution is 1.88. The maximum absolute atomic E-state index is 9.56. The third-order valence-corrected chi connectivity index (χ3v) is 0.558. The van der Waals surface area contributed by atoms with Crippen LogP contribution in [0.15, 0.2) is 12.2 Å². The summed E-state index contributed by atoms with van der Waals surface area (Å²) in [5, 5.41) is 8.13. The van der Waals surface area contributed by atoms with Crippen molar-refractivity contribution < 1.29 is 9.90 Å². The fourth-order valence-electron chi connectivity index (χ4n) is 0.186. The minimum Gasteiger partial charge on any atom is -0.396 e. The van der Waals surface area contributed by atoms with E-state index in [1.165, 1.54) is 0 Å². The van der Waals surface area contributed by atoms with Crippen LogP contribution in [0.1, 0.15) is 6.42 Å². The van der Waals surface area contributed by atoms with Crippen LogP contribution >= 0.6 is 0 Å². The van der Waals surface area contributed by atoms with E-state index in [0.717, 1.165) is 0 Å². The van der Waals surface area contributed by atoms with E-state index in [1.807, 2.05) is 0 Å². The van der Waals surface area contributed by atoms with E-state index in [1.54, 1.807) is 6.29 Å². The molecule has 2 heteroatoms. The van der Waals surface area contributed by atoms with Crippen molar-refractivity contribution in [3.8, 4) is 0 Å². The van der Waals surface area contributed by atoms with Crippen LogP contribution in [0.3, 0.4) is 0 Å². The second kappa shape index (κ2) is 3.47. The van der Waals surface area contributed by atoms with Gasteiger partial charge in [0.2, 0.25) is 5.57 Å². The van der Waals surface area contributed by atoms with E-state index in [4.69, 9.17) is 5.11 Å². The summed E-state index contributed by atoms with van der Waals surface area (Å²) >= 11 is 0.